The van der Waals surface area contributed by atoms with Crippen LogP contribution in [0.2, 0.25) is 0 Å². The highest BCUT2D eigenvalue weighted by molar-refractivity contribution is 5.79. The van der Waals surface area contributed by atoms with E-state index in [-0.39, 0.29) is 11.9 Å². The maximum Gasteiger partial charge on any atom is 0.234 e. The SMILES string of the molecule is NC(=O)C1CCCCN1CCOc1ccc(N)cc1. The van der Waals surface area contributed by atoms with Gasteiger partial charge < -0.3 is 16.2 Å². The number of carbonyl (C=O) groups excluding carboxylic acids is 1. The number of hydrogen-bond donors (Lipinski definition) is 2. The molecule has 19 heavy (non-hydrogen) atoms. The summed E-state index contributed by atoms with van der Waals surface area (Å²) in [5, 5.41) is 0. The number of carbonyl (C=O) groups is 1. The maximum atomic E-state index is 11.4. The van der Waals surface area contributed by atoms with Gasteiger partial charge >= 0.3 is 0 Å². The number of rotatable bonds is 5. The lowest BCUT2D eigenvalue weighted by Gasteiger charge is -2.33. The molecule has 104 valence electrons. The van der Waals surface area contributed by atoms with E-state index in [1.165, 1.54) is 0 Å². The summed E-state index contributed by atoms with van der Waals surface area (Å²) in [6, 6.07) is 7.17. The summed E-state index contributed by atoms with van der Waals surface area (Å²) in [7, 11) is 0. The average molecular weight is 263 g/mol. The molecule has 4 N–H and O–H groups in total. The Morgan fingerprint density at radius 3 is 2.74 bits per heavy atom. The van der Waals surface area contributed by atoms with Crippen LogP contribution >= 0.6 is 0 Å². The lowest BCUT2D eigenvalue weighted by Crippen LogP contribution is -2.48. The zero-order valence-corrected chi connectivity index (χ0v) is 11.0. The first-order valence-corrected chi connectivity index (χ1v) is 6.68. The third-order valence-electron chi connectivity index (χ3n) is 3.47. The normalized spacial score (nSPS) is 20.1. The zero-order valence-electron chi connectivity index (χ0n) is 11.0. The Bertz CT molecular complexity index is 419. The maximum absolute atomic E-state index is 11.4. The van der Waals surface area contributed by atoms with Crippen LogP contribution in [0.3, 0.4) is 0 Å². The number of likely N-dealkylation sites (tertiary alicyclic amines) is 1. The molecule has 1 aromatic rings. The van der Waals surface area contributed by atoms with Crippen LogP contribution in [0, 0.1) is 0 Å². The number of anilines is 1. The fourth-order valence-electron chi connectivity index (χ4n) is 2.43. The van der Waals surface area contributed by atoms with Gasteiger partial charge in [0.1, 0.15) is 12.4 Å². The van der Waals surface area contributed by atoms with Gasteiger partial charge in [0.15, 0.2) is 0 Å². The van der Waals surface area contributed by atoms with Crippen molar-refractivity contribution in [3.05, 3.63) is 24.3 Å². The molecule has 0 bridgehead atoms. The van der Waals surface area contributed by atoms with Crippen LogP contribution in [0.4, 0.5) is 5.69 Å². The van der Waals surface area contributed by atoms with Crippen molar-refractivity contribution >= 4 is 11.6 Å². The van der Waals surface area contributed by atoms with E-state index in [0.29, 0.717) is 6.61 Å². The van der Waals surface area contributed by atoms with Crippen molar-refractivity contribution in [3.63, 3.8) is 0 Å². The van der Waals surface area contributed by atoms with Crippen molar-refractivity contribution in [2.45, 2.75) is 25.3 Å². The molecule has 1 aromatic carbocycles. The summed E-state index contributed by atoms with van der Waals surface area (Å²) in [6.07, 6.45) is 3.05. The van der Waals surface area contributed by atoms with Crippen molar-refractivity contribution in [2.75, 3.05) is 25.4 Å². The molecular weight excluding hydrogens is 242 g/mol. The number of piperidine rings is 1. The predicted molar refractivity (Wildman–Crippen MR) is 74.8 cm³/mol. The van der Waals surface area contributed by atoms with E-state index in [4.69, 9.17) is 16.2 Å². The van der Waals surface area contributed by atoms with Crippen LogP contribution in [0.5, 0.6) is 5.75 Å². The molecule has 1 aliphatic rings. The van der Waals surface area contributed by atoms with Crippen molar-refractivity contribution in [1.29, 1.82) is 0 Å². The number of ether oxygens (including phenoxy) is 1. The van der Waals surface area contributed by atoms with Gasteiger partial charge in [-0.1, -0.05) is 6.42 Å². The highest BCUT2D eigenvalue weighted by Gasteiger charge is 2.26. The van der Waals surface area contributed by atoms with E-state index in [1.807, 2.05) is 24.3 Å². The Balaban J connectivity index is 1.80. The molecule has 1 unspecified atom stereocenters. The Hall–Kier alpha value is -1.75. The molecule has 2 rings (SSSR count). The molecular formula is C14H21N3O2. The first kappa shape index (κ1) is 13.7. The Morgan fingerprint density at radius 2 is 2.05 bits per heavy atom. The van der Waals surface area contributed by atoms with Crippen LogP contribution < -0.4 is 16.2 Å². The lowest BCUT2D eigenvalue weighted by molar-refractivity contribution is -0.124. The molecule has 1 atom stereocenters. The molecule has 0 spiro atoms. The molecule has 1 heterocycles. The molecule has 0 radical (unpaired) electrons. The highest BCUT2D eigenvalue weighted by Crippen LogP contribution is 2.17. The van der Waals surface area contributed by atoms with Gasteiger partial charge in [-0.3, -0.25) is 9.69 Å². The minimum absolute atomic E-state index is 0.135. The van der Waals surface area contributed by atoms with Crippen molar-refractivity contribution in [2.24, 2.45) is 5.73 Å². The van der Waals surface area contributed by atoms with Gasteiger partial charge in [-0.05, 0) is 43.7 Å². The number of hydrogen-bond acceptors (Lipinski definition) is 4. The zero-order chi connectivity index (χ0) is 13.7. The number of primary amides is 1. The van der Waals surface area contributed by atoms with Gasteiger partial charge in [0.2, 0.25) is 5.91 Å². The van der Waals surface area contributed by atoms with E-state index in [9.17, 15) is 4.79 Å². The molecule has 5 nitrogen and oxygen atoms in total. The van der Waals surface area contributed by atoms with Crippen molar-refractivity contribution in [3.8, 4) is 5.75 Å². The summed E-state index contributed by atoms with van der Waals surface area (Å²) in [6.45, 7) is 2.18. The molecule has 0 aromatic heterocycles. The fourth-order valence-corrected chi connectivity index (χ4v) is 2.43. The van der Waals surface area contributed by atoms with E-state index in [2.05, 4.69) is 4.90 Å². The fraction of sp³-hybridized carbons (Fsp3) is 0.500. The van der Waals surface area contributed by atoms with Crippen LogP contribution in [0.1, 0.15) is 19.3 Å². The Morgan fingerprint density at radius 1 is 1.32 bits per heavy atom. The predicted octanol–water partition coefficient (Wildman–Crippen LogP) is 0.987. The van der Waals surface area contributed by atoms with E-state index in [0.717, 1.165) is 43.8 Å². The van der Waals surface area contributed by atoms with Gasteiger partial charge in [0.05, 0.1) is 6.04 Å². The summed E-state index contributed by atoms with van der Waals surface area (Å²) in [5.74, 6) is 0.564. The summed E-state index contributed by atoms with van der Waals surface area (Å²) in [4.78, 5) is 13.5. The summed E-state index contributed by atoms with van der Waals surface area (Å²) >= 11 is 0. The topological polar surface area (TPSA) is 81.6 Å². The van der Waals surface area contributed by atoms with Crippen LogP contribution in [-0.2, 0) is 4.79 Å². The second-order valence-corrected chi connectivity index (χ2v) is 4.87. The van der Waals surface area contributed by atoms with E-state index >= 15 is 0 Å². The molecule has 0 aliphatic carbocycles. The van der Waals surface area contributed by atoms with Crippen LogP contribution in [0.25, 0.3) is 0 Å². The first-order chi connectivity index (χ1) is 9.16. The van der Waals surface area contributed by atoms with Gasteiger partial charge in [0.25, 0.3) is 0 Å². The minimum atomic E-state index is -0.229. The molecule has 1 fully saturated rings. The smallest absolute Gasteiger partial charge is 0.234 e. The van der Waals surface area contributed by atoms with Crippen molar-refractivity contribution < 1.29 is 9.53 Å². The number of benzene rings is 1. The molecule has 5 heteroatoms. The second kappa shape index (κ2) is 6.43. The van der Waals surface area contributed by atoms with Crippen molar-refractivity contribution in [1.82, 2.24) is 4.90 Å². The first-order valence-electron chi connectivity index (χ1n) is 6.68. The number of nitrogens with zero attached hydrogens (tertiary/aromatic N) is 1. The molecule has 0 saturated carbocycles. The van der Waals surface area contributed by atoms with Crippen LogP contribution in [-0.4, -0.2) is 36.5 Å². The third kappa shape index (κ3) is 3.86. The number of nitrogens with two attached hydrogens (primary N) is 2. The van der Waals surface area contributed by atoms with Gasteiger partial charge in [0, 0.05) is 12.2 Å². The summed E-state index contributed by atoms with van der Waals surface area (Å²) < 4.78 is 5.64. The number of nitrogen functional groups attached to an aromatic ring is 1. The monoisotopic (exact) mass is 263 g/mol. The standard InChI is InChI=1S/C14H21N3O2/c15-11-4-6-12(7-5-11)19-10-9-17-8-2-1-3-13(17)14(16)18/h4-7,13H,1-3,8-10,15H2,(H2,16,18). The Labute approximate surface area is 113 Å². The van der Waals surface area contributed by atoms with Gasteiger partial charge in [-0.25, -0.2) is 0 Å². The molecule has 1 amide bonds. The third-order valence-corrected chi connectivity index (χ3v) is 3.47. The molecule has 1 saturated heterocycles. The molecule has 1 aliphatic heterocycles. The minimum Gasteiger partial charge on any atom is -0.492 e. The highest BCUT2D eigenvalue weighted by atomic mass is 16.5. The summed E-state index contributed by atoms with van der Waals surface area (Å²) in [5.41, 5.74) is 11.7. The van der Waals surface area contributed by atoms with Gasteiger partial charge in [-0.2, -0.15) is 0 Å². The quantitative estimate of drug-likeness (QED) is 0.776. The van der Waals surface area contributed by atoms with Crippen LogP contribution in [0.15, 0.2) is 24.3 Å². The largest absolute Gasteiger partial charge is 0.492 e. The van der Waals surface area contributed by atoms with Gasteiger partial charge in [-0.15, -0.1) is 0 Å². The lowest BCUT2D eigenvalue weighted by atomic mass is 10.0. The second-order valence-electron chi connectivity index (χ2n) is 4.87. The van der Waals surface area contributed by atoms with E-state index < -0.39 is 0 Å². The van der Waals surface area contributed by atoms with E-state index in [1.54, 1.807) is 0 Å². The number of amides is 1. The Kier molecular flexibility index (Phi) is 4.63. The average Bonchev–Trinajstić information content (AvgIpc) is 2.41.